The second kappa shape index (κ2) is 6.02. The van der Waals surface area contributed by atoms with Crippen LogP contribution in [-0.2, 0) is 4.74 Å². The minimum atomic E-state index is -0.486. The lowest BCUT2D eigenvalue weighted by atomic mass is 10.1. The number of nitro groups is 1. The first-order chi connectivity index (χ1) is 8.36. The zero-order valence-corrected chi connectivity index (χ0v) is 11.6. The summed E-state index contributed by atoms with van der Waals surface area (Å²) >= 11 is 5.88. The standard InChI is InChI=1S/C12H17ClN2O3/c1-7-5-12(15(16)17)10(13)6-11(7)14-8(2)9(3)18-4/h5-6,8-9,14H,1-4H3. The third kappa shape index (κ3) is 3.34. The van der Waals surface area contributed by atoms with Gasteiger partial charge < -0.3 is 10.1 Å². The van der Waals surface area contributed by atoms with Crippen LogP contribution in [0.3, 0.4) is 0 Å². The van der Waals surface area contributed by atoms with Gasteiger partial charge in [0, 0.05) is 24.9 Å². The third-order valence-electron chi connectivity index (χ3n) is 2.95. The van der Waals surface area contributed by atoms with Crippen LogP contribution < -0.4 is 5.32 Å². The molecule has 0 amide bonds. The van der Waals surface area contributed by atoms with Crippen molar-refractivity contribution in [2.75, 3.05) is 12.4 Å². The molecule has 2 unspecified atom stereocenters. The molecule has 0 fully saturated rings. The van der Waals surface area contributed by atoms with Crippen molar-refractivity contribution in [2.24, 2.45) is 0 Å². The molecule has 0 heterocycles. The first-order valence-corrected chi connectivity index (χ1v) is 5.98. The Morgan fingerprint density at radius 3 is 2.56 bits per heavy atom. The number of nitro benzene ring substituents is 1. The molecule has 0 aliphatic carbocycles. The number of hydrogen-bond donors (Lipinski definition) is 1. The molecule has 1 rings (SSSR count). The van der Waals surface area contributed by atoms with E-state index in [-0.39, 0.29) is 22.9 Å². The molecule has 18 heavy (non-hydrogen) atoms. The Bertz CT molecular complexity index is 451. The number of methoxy groups -OCH3 is 1. The topological polar surface area (TPSA) is 64.4 Å². The number of benzene rings is 1. The highest BCUT2D eigenvalue weighted by Crippen LogP contribution is 2.31. The van der Waals surface area contributed by atoms with Crippen molar-refractivity contribution >= 4 is 23.0 Å². The van der Waals surface area contributed by atoms with Crippen LogP contribution in [0.2, 0.25) is 5.02 Å². The van der Waals surface area contributed by atoms with Gasteiger partial charge in [0.25, 0.3) is 5.69 Å². The van der Waals surface area contributed by atoms with Crippen molar-refractivity contribution in [1.29, 1.82) is 0 Å². The van der Waals surface area contributed by atoms with Crippen molar-refractivity contribution < 1.29 is 9.66 Å². The average molecular weight is 273 g/mol. The summed E-state index contributed by atoms with van der Waals surface area (Å²) in [5.74, 6) is 0. The molecule has 0 aromatic heterocycles. The fourth-order valence-electron chi connectivity index (χ4n) is 1.53. The van der Waals surface area contributed by atoms with E-state index in [1.165, 1.54) is 6.07 Å². The van der Waals surface area contributed by atoms with Crippen LogP contribution in [0, 0.1) is 17.0 Å². The fourth-order valence-corrected chi connectivity index (χ4v) is 1.76. The molecule has 1 aromatic rings. The lowest BCUT2D eigenvalue weighted by molar-refractivity contribution is -0.384. The van der Waals surface area contributed by atoms with Gasteiger partial charge >= 0.3 is 0 Å². The van der Waals surface area contributed by atoms with Crippen LogP contribution in [0.4, 0.5) is 11.4 Å². The van der Waals surface area contributed by atoms with E-state index in [1.807, 2.05) is 13.8 Å². The van der Waals surface area contributed by atoms with Gasteiger partial charge in [-0.3, -0.25) is 10.1 Å². The van der Waals surface area contributed by atoms with Crippen LogP contribution in [-0.4, -0.2) is 24.2 Å². The fraction of sp³-hybridized carbons (Fsp3) is 0.500. The number of rotatable bonds is 5. The average Bonchev–Trinajstić information content (AvgIpc) is 2.31. The SMILES string of the molecule is COC(C)C(C)Nc1cc(Cl)c([N+](=O)[O-])cc1C. The number of ether oxygens (including phenoxy) is 1. The molecule has 0 aliphatic rings. The number of halogens is 1. The maximum absolute atomic E-state index is 10.7. The maximum Gasteiger partial charge on any atom is 0.288 e. The summed E-state index contributed by atoms with van der Waals surface area (Å²) < 4.78 is 5.21. The molecule has 0 saturated carbocycles. The van der Waals surface area contributed by atoms with Crippen LogP contribution >= 0.6 is 11.6 Å². The summed E-state index contributed by atoms with van der Waals surface area (Å²) in [4.78, 5) is 10.3. The molecule has 0 aliphatic heterocycles. The number of anilines is 1. The van der Waals surface area contributed by atoms with E-state index in [1.54, 1.807) is 20.1 Å². The van der Waals surface area contributed by atoms with Crippen molar-refractivity contribution in [1.82, 2.24) is 0 Å². The van der Waals surface area contributed by atoms with Crippen molar-refractivity contribution in [3.8, 4) is 0 Å². The van der Waals surface area contributed by atoms with Gasteiger partial charge in [-0.2, -0.15) is 0 Å². The molecule has 0 bridgehead atoms. The summed E-state index contributed by atoms with van der Waals surface area (Å²) in [6, 6.07) is 3.12. The molecule has 5 nitrogen and oxygen atoms in total. The van der Waals surface area contributed by atoms with E-state index in [0.717, 1.165) is 11.3 Å². The number of hydrogen-bond acceptors (Lipinski definition) is 4. The predicted octanol–water partition coefficient (Wildman–Crippen LogP) is 3.39. The van der Waals surface area contributed by atoms with Crippen molar-refractivity contribution in [3.05, 3.63) is 32.8 Å². The summed E-state index contributed by atoms with van der Waals surface area (Å²) in [7, 11) is 1.64. The van der Waals surface area contributed by atoms with Crippen LogP contribution in [0.5, 0.6) is 0 Å². The second-order valence-electron chi connectivity index (χ2n) is 4.25. The van der Waals surface area contributed by atoms with Crippen molar-refractivity contribution in [2.45, 2.75) is 32.9 Å². The van der Waals surface area contributed by atoms with E-state index in [0.29, 0.717) is 0 Å². The van der Waals surface area contributed by atoms with Gasteiger partial charge in [0.2, 0.25) is 0 Å². The number of aryl methyl sites for hydroxylation is 1. The summed E-state index contributed by atoms with van der Waals surface area (Å²) in [6.45, 7) is 5.72. The van der Waals surface area contributed by atoms with Gasteiger partial charge in [0.05, 0.1) is 11.0 Å². The molecule has 6 heteroatoms. The maximum atomic E-state index is 10.7. The van der Waals surface area contributed by atoms with E-state index in [2.05, 4.69) is 5.32 Å². The molecule has 2 atom stereocenters. The predicted molar refractivity (Wildman–Crippen MR) is 72.4 cm³/mol. The van der Waals surface area contributed by atoms with Gasteiger partial charge in [-0.25, -0.2) is 0 Å². The van der Waals surface area contributed by atoms with Crippen LogP contribution in [0.1, 0.15) is 19.4 Å². The molecular weight excluding hydrogens is 256 g/mol. The Labute approximate surface area is 111 Å². The molecule has 0 spiro atoms. The Kier molecular flexibility index (Phi) is 4.93. The van der Waals surface area contributed by atoms with E-state index in [9.17, 15) is 10.1 Å². The smallest absolute Gasteiger partial charge is 0.288 e. The summed E-state index contributed by atoms with van der Waals surface area (Å²) in [5.41, 5.74) is 1.48. The van der Waals surface area contributed by atoms with Gasteiger partial charge in [0.15, 0.2) is 0 Å². The Hall–Kier alpha value is -1.33. The molecule has 0 radical (unpaired) electrons. The molecule has 0 saturated heterocycles. The van der Waals surface area contributed by atoms with E-state index < -0.39 is 4.92 Å². The van der Waals surface area contributed by atoms with Crippen LogP contribution in [0.15, 0.2) is 12.1 Å². The highest BCUT2D eigenvalue weighted by molar-refractivity contribution is 6.33. The van der Waals surface area contributed by atoms with E-state index >= 15 is 0 Å². The zero-order chi connectivity index (χ0) is 13.9. The molecule has 100 valence electrons. The second-order valence-corrected chi connectivity index (χ2v) is 4.66. The van der Waals surface area contributed by atoms with Gasteiger partial charge in [-0.15, -0.1) is 0 Å². The lowest BCUT2D eigenvalue weighted by Crippen LogP contribution is -2.29. The van der Waals surface area contributed by atoms with Crippen molar-refractivity contribution in [3.63, 3.8) is 0 Å². The Morgan fingerprint density at radius 2 is 2.06 bits per heavy atom. The van der Waals surface area contributed by atoms with Crippen LogP contribution in [0.25, 0.3) is 0 Å². The van der Waals surface area contributed by atoms with Gasteiger partial charge in [0.1, 0.15) is 5.02 Å². The minimum Gasteiger partial charge on any atom is -0.380 e. The highest BCUT2D eigenvalue weighted by atomic mass is 35.5. The quantitative estimate of drug-likeness (QED) is 0.659. The molecular formula is C12H17ClN2O3. The number of nitrogens with one attached hydrogen (secondary N) is 1. The zero-order valence-electron chi connectivity index (χ0n) is 10.9. The van der Waals surface area contributed by atoms with Gasteiger partial charge in [-0.05, 0) is 32.4 Å². The lowest BCUT2D eigenvalue weighted by Gasteiger charge is -2.22. The largest absolute Gasteiger partial charge is 0.380 e. The summed E-state index contributed by atoms with van der Waals surface area (Å²) in [6.07, 6.45) is 0.0263. The first-order valence-electron chi connectivity index (χ1n) is 5.60. The Morgan fingerprint density at radius 1 is 1.44 bits per heavy atom. The van der Waals surface area contributed by atoms with Gasteiger partial charge in [-0.1, -0.05) is 11.6 Å². The normalized spacial score (nSPS) is 14.1. The summed E-state index contributed by atoms with van der Waals surface area (Å²) in [5, 5.41) is 14.1. The highest BCUT2D eigenvalue weighted by Gasteiger charge is 2.17. The third-order valence-corrected chi connectivity index (χ3v) is 3.25. The first kappa shape index (κ1) is 14.7. The molecule has 1 aromatic carbocycles. The minimum absolute atomic E-state index is 0.0263. The monoisotopic (exact) mass is 272 g/mol. The number of nitrogens with zero attached hydrogens (tertiary/aromatic N) is 1. The molecule has 1 N–H and O–H groups in total. The Balaban J connectivity index is 2.98. The van der Waals surface area contributed by atoms with E-state index in [4.69, 9.17) is 16.3 Å².